The minimum Gasteiger partial charge on any atom is -0.494 e. The third-order valence-corrected chi connectivity index (χ3v) is 8.28. The Morgan fingerprint density at radius 3 is 2.12 bits per heavy atom. The van der Waals surface area contributed by atoms with Gasteiger partial charge in [0.15, 0.2) is 0 Å². The maximum Gasteiger partial charge on any atom is 0.264 e. The number of nitrogens with one attached hydrogen (secondary N) is 1. The fourth-order valence-electron chi connectivity index (χ4n) is 4.38. The Bertz CT molecular complexity index is 1610. The molecule has 3 aromatic carbocycles. The molecule has 0 bridgehead atoms. The van der Waals surface area contributed by atoms with E-state index in [0.717, 1.165) is 32.5 Å². The number of sulfonamides is 1. The van der Waals surface area contributed by atoms with Crippen LogP contribution >= 0.6 is 0 Å². The van der Waals surface area contributed by atoms with Crippen molar-refractivity contribution in [3.8, 4) is 11.4 Å². The molecule has 0 atom stereocenters. The summed E-state index contributed by atoms with van der Waals surface area (Å²) in [6.45, 7) is 9.82. The van der Waals surface area contributed by atoms with E-state index in [1.54, 1.807) is 42.6 Å². The van der Waals surface area contributed by atoms with E-state index in [1.165, 1.54) is 17.7 Å². The van der Waals surface area contributed by atoms with Gasteiger partial charge in [-0.3, -0.25) is 9.10 Å². The Balaban J connectivity index is 1.54. The van der Waals surface area contributed by atoms with Gasteiger partial charge in [-0.25, -0.2) is 13.8 Å². The number of ether oxygens (including phenoxy) is 1. The van der Waals surface area contributed by atoms with Gasteiger partial charge in [0, 0.05) is 22.6 Å². The molecule has 4 rings (SSSR count). The summed E-state index contributed by atoms with van der Waals surface area (Å²) in [5.41, 5.74) is 8.90. The number of aromatic nitrogens is 1. The van der Waals surface area contributed by atoms with Gasteiger partial charge < -0.3 is 9.30 Å². The number of hydrogen-bond donors (Lipinski definition) is 1. The minimum atomic E-state index is -4.05. The standard InChI is InChI=1S/C31H34N4O4S/c1-6-39-29-15-17-30(18-16-29)40(37,38)34(27-11-7-22(2)8-12-27)21-31(36)33-32-20-26-19-24(4)35(25(26)5)28-13-9-23(3)10-14-28/h7-20H,6,21H2,1-5H3,(H,33,36)/b32-20-. The predicted octanol–water partition coefficient (Wildman–Crippen LogP) is 5.46. The molecule has 0 aliphatic carbocycles. The molecule has 0 saturated heterocycles. The molecular weight excluding hydrogens is 524 g/mol. The second kappa shape index (κ2) is 12.2. The number of carbonyl (C=O) groups is 1. The predicted molar refractivity (Wildman–Crippen MR) is 159 cm³/mol. The van der Waals surface area contributed by atoms with Gasteiger partial charge in [-0.2, -0.15) is 5.10 Å². The smallest absolute Gasteiger partial charge is 0.264 e. The van der Waals surface area contributed by atoms with Gasteiger partial charge in [-0.1, -0.05) is 35.4 Å². The lowest BCUT2D eigenvalue weighted by molar-refractivity contribution is -0.119. The van der Waals surface area contributed by atoms with Crippen molar-refractivity contribution in [1.29, 1.82) is 0 Å². The number of amides is 1. The molecule has 0 radical (unpaired) electrons. The monoisotopic (exact) mass is 558 g/mol. The maximum atomic E-state index is 13.6. The first-order valence-electron chi connectivity index (χ1n) is 13.0. The molecule has 0 unspecified atom stereocenters. The lowest BCUT2D eigenvalue weighted by Gasteiger charge is -2.24. The highest BCUT2D eigenvalue weighted by Gasteiger charge is 2.27. The average molecular weight is 559 g/mol. The summed E-state index contributed by atoms with van der Waals surface area (Å²) in [5.74, 6) is -0.00386. The highest BCUT2D eigenvalue weighted by Crippen LogP contribution is 2.26. The van der Waals surface area contributed by atoms with Gasteiger partial charge in [0.25, 0.3) is 15.9 Å². The Morgan fingerprint density at radius 2 is 1.52 bits per heavy atom. The highest BCUT2D eigenvalue weighted by atomic mass is 32.2. The fourth-order valence-corrected chi connectivity index (χ4v) is 5.80. The molecule has 9 heteroatoms. The van der Waals surface area contributed by atoms with Crippen LogP contribution in [0.5, 0.6) is 5.75 Å². The lowest BCUT2D eigenvalue weighted by atomic mass is 10.2. The number of nitrogens with zero attached hydrogens (tertiary/aromatic N) is 3. The van der Waals surface area contributed by atoms with E-state index in [0.29, 0.717) is 18.0 Å². The molecule has 0 saturated carbocycles. The van der Waals surface area contributed by atoms with Crippen molar-refractivity contribution in [1.82, 2.24) is 9.99 Å². The molecule has 0 aliphatic rings. The van der Waals surface area contributed by atoms with Gasteiger partial charge >= 0.3 is 0 Å². The van der Waals surface area contributed by atoms with Crippen LogP contribution in [-0.2, 0) is 14.8 Å². The van der Waals surface area contributed by atoms with Gasteiger partial charge in [0.05, 0.1) is 23.4 Å². The van der Waals surface area contributed by atoms with Crippen LogP contribution < -0.4 is 14.5 Å². The van der Waals surface area contributed by atoms with E-state index in [2.05, 4.69) is 39.4 Å². The Kier molecular flexibility index (Phi) is 8.74. The number of aryl methyl sites for hydroxylation is 3. The van der Waals surface area contributed by atoms with Crippen molar-refractivity contribution < 1.29 is 17.9 Å². The summed E-state index contributed by atoms with van der Waals surface area (Å²) < 4.78 is 35.9. The van der Waals surface area contributed by atoms with Crippen LogP contribution in [0.1, 0.15) is 35.0 Å². The zero-order chi connectivity index (χ0) is 28.9. The molecule has 40 heavy (non-hydrogen) atoms. The summed E-state index contributed by atoms with van der Waals surface area (Å²) in [4.78, 5) is 13.0. The van der Waals surface area contributed by atoms with Crippen LogP contribution in [0.2, 0.25) is 0 Å². The topological polar surface area (TPSA) is 93.0 Å². The van der Waals surface area contributed by atoms with E-state index in [-0.39, 0.29) is 4.90 Å². The van der Waals surface area contributed by atoms with Gasteiger partial charge in [0.1, 0.15) is 12.3 Å². The van der Waals surface area contributed by atoms with Crippen molar-refractivity contribution in [3.05, 3.63) is 107 Å². The number of carbonyl (C=O) groups excluding carboxylic acids is 1. The fraction of sp³-hybridized carbons (Fsp3) is 0.226. The number of hydrazone groups is 1. The van der Waals surface area contributed by atoms with Crippen LogP contribution in [-0.4, -0.2) is 38.3 Å². The van der Waals surface area contributed by atoms with E-state index in [9.17, 15) is 13.2 Å². The molecule has 0 aliphatic heterocycles. The minimum absolute atomic E-state index is 0.0522. The van der Waals surface area contributed by atoms with E-state index in [1.807, 2.05) is 40.7 Å². The summed E-state index contributed by atoms with van der Waals surface area (Å²) in [6.07, 6.45) is 1.57. The number of anilines is 1. The number of benzene rings is 3. The Labute approximate surface area is 236 Å². The van der Waals surface area contributed by atoms with Crippen LogP contribution in [0.15, 0.2) is 88.9 Å². The van der Waals surface area contributed by atoms with Gasteiger partial charge in [-0.15, -0.1) is 0 Å². The normalized spacial score (nSPS) is 11.5. The SMILES string of the molecule is CCOc1ccc(S(=O)(=O)N(CC(=O)N/N=C\c2cc(C)n(-c3ccc(C)cc3)c2C)c2ccc(C)cc2)cc1. The largest absolute Gasteiger partial charge is 0.494 e. The van der Waals surface area contributed by atoms with Crippen molar-refractivity contribution in [3.63, 3.8) is 0 Å². The van der Waals surface area contributed by atoms with Gasteiger partial charge in [0.2, 0.25) is 0 Å². The molecule has 1 N–H and O–H groups in total. The van der Waals surface area contributed by atoms with Crippen LogP contribution in [0.25, 0.3) is 5.69 Å². The van der Waals surface area contributed by atoms with E-state index < -0.39 is 22.5 Å². The van der Waals surface area contributed by atoms with Gasteiger partial charge in [-0.05, 0) is 89.2 Å². The van der Waals surface area contributed by atoms with Crippen molar-refractivity contribution in [2.45, 2.75) is 39.5 Å². The third-order valence-electron chi connectivity index (χ3n) is 6.49. The second-order valence-corrected chi connectivity index (χ2v) is 11.4. The molecule has 1 aromatic heterocycles. The van der Waals surface area contributed by atoms with E-state index >= 15 is 0 Å². The van der Waals surface area contributed by atoms with Crippen molar-refractivity contribution in [2.75, 3.05) is 17.5 Å². The summed E-state index contributed by atoms with van der Waals surface area (Å²) in [7, 11) is -4.05. The lowest BCUT2D eigenvalue weighted by Crippen LogP contribution is -2.39. The quantitative estimate of drug-likeness (QED) is 0.207. The Morgan fingerprint density at radius 1 is 0.925 bits per heavy atom. The summed E-state index contributed by atoms with van der Waals surface area (Å²) >= 11 is 0. The zero-order valence-corrected chi connectivity index (χ0v) is 24.2. The first-order chi connectivity index (χ1) is 19.1. The first kappa shape index (κ1) is 28.6. The molecule has 208 valence electrons. The number of hydrogen-bond acceptors (Lipinski definition) is 5. The summed E-state index contributed by atoms with van der Waals surface area (Å²) in [6, 6.07) is 23.3. The molecule has 1 heterocycles. The molecule has 8 nitrogen and oxygen atoms in total. The van der Waals surface area contributed by atoms with Crippen molar-refractivity contribution >= 4 is 27.8 Å². The Hall–Kier alpha value is -4.37. The molecule has 0 spiro atoms. The first-order valence-corrected chi connectivity index (χ1v) is 14.4. The van der Waals surface area contributed by atoms with Crippen LogP contribution in [0.4, 0.5) is 5.69 Å². The van der Waals surface area contributed by atoms with Crippen LogP contribution in [0, 0.1) is 27.7 Å². The third kappa shape index (κ3) is 6.43. The van der Waals surface area contributed by atoms with Crippen LogP contribution in [0.3, 0.4) is 0 Å². The summed E-state index contributed by atoms with van der Waals surface area (Å²) in [5, 5.41) is 4.14. The van der Waals surface area contributed by atoms with E-state index in [4.69, 9.17) is 4.74 Å². The zero-order valence-electron chi connectivity index (χ0n) is 23.4. The maximum absolute atomic E-state index is 13.6. The molecule has 1 amide bonds. The highest BCUT2D eigenvalue weighted by molar-refractivity contribution is 7.92. The number of rotatable bonds is 10. The molecular formula is C31H34N4O4S. The molecule has 4 aromatic rings. The average Bonchev–Trinajstić information content (AvgIpc) is 3.21. The van der Waals surface area contributed by atoms with Crippen molar-refractivity contribution in [2.24, 2.45) is 5.10 Å². The second-order valence-electron chi connectivity index (χ2n) is 9.54. The molecule has 0 fully saturated rings.